The van der Waals surface area contributed by atoms with E-state index >= 15 is 0 Å². The van der Waals surface area contributed by atoms with Gasteiger partial charge in [0.25, 0.3) is 0 Å². The number of alkyl halides is 1. The third-order valence-electron chi connectivity index (χ3n) is 3.01. The van der Waals surface area contributed by atoms with E-state index in [1.807, 2.05) is 17.9 Å². The standard InChI is InChI=1S/C10H15ClN2/c1-10(5-3-8(11)7-10)9-4-6-13(2)12-9/h4,6,8H,3,5,7H2,1-2H3. The molecule has 13 heavy (non-hydrogen) atoms. The summed E-state index contributed by atoms with van der Waals surface area (Å²) in [6.45, 7) is 2.26. The van der Waals surface area contributed by atoms with Gasteiger partial charge in [0, 0.05) is 24.0 Å². The summed E-state index contributed by atoms with van der Waals surface area (Å²) in [5.74, 6) is 0. The molecule has 0 aromatic carbocycles. The lowest BCUT2D eigenvalue weighted by Crippen LogP contribution is -2.18. The van der Waals surface area contributed by atoms with E-state index < -0.39 is 0 Å². The zero-order chi connectivity index (χ0) is 9.47. The van der Waals surface area contributed by atoms with Crippen molar-refractivity contribution >= 4 is 11.6 Å². The zero-order valence-corrected chi connectivity index (χ0v) is 8.88. The molecule has 0 spiro atoms. The number of hydrogen-bond acceptors (Lipinski definition) is 1. The zero-order valence-electron chi connectivity index (χ0n) is 8.13. The van der Waals surface area contributed by atoms with E-state index in [1.165, 1.54) is 5.69 Å². The number of rotatable bonds is 1. The number of aromatic nitrogens is 2. The van der Waals surface area contributed by atoms with Crippen molar-refractivity contribution in [3.8, 4) is 0 Å². The van der Waals surface area contributed by atoms with Gasteiger partial charge < -0.3 is 0 Å². The molecule has 2 rings (SSSR count). The van der Waals surface area contributed by atoms with Gasteiger partial charge >= 0.3 is 0 Å². The van der Waals surface area contributed by atoms with Crippen molar-refractivity contribution < 1.29 is 0 Å². The first-order valence-electron chi connectivity index (χ1n) is 4.74. The normalized spacial score (nSPS) is 33.9. The van der Waals surface area contributed by atoms with Crippen molar-refractivity contribution in [1.29, 1.82) is 0 Å². The Morgan fingerprint density at radius 2 is 2.46 bits per heavy atom. The first kappa shape index (κ1) is 9.07. The topological polar surface area (TPSA) is 17.8 Å². The van der Waals surface area contributed by atoms with Gasteiger partial charge in [0.15, 0.2) is 0 Å². The molecule has 1 heterocycles. The molecule has 2 atom stereocenters. The van der Waals surface area contributed by atoms with E-state index in [-0.39, 0.29) is 5.41 Å². The smallest absolute Gasteiger partial charge is 0.0683 e. The van der Waals surface area contributed by atoms with Crippen molar-refractivity contribution in [3.63, 3.8) is 0 Å². The Kier molecular flexibility index (Phi) is 2.11. The second-order valence-corrected chi connectivity index (χ2v) is 4.89. The molecular formula is C10H15ClN2. The Hall–Kier alpha value is -0.500. The molecular weight excluding hydrogens is 184 g/mol. The molecule has 0 N–H and O–H groups in total. The van der Waals surface area contributed by atoms with E-state index in [1.54, 1.807) is 0 Å². The first-order valence-corrected chi connectivity index (χ1v) is 5.18. The lowest BCUT2D eigenvalue weighted by molar-refractivity contribution is 0.469. The van der Waals surface area contributed by atoms with Crippen LogP contribution in [0.15, 0.2) is 12.3 Å². The molecule has 1 saturated carbocycles. The highest BCUT2D eigenvalue weighted by molar-refractivity contribution is 6.20. The van der Waals surface area contributed by atoms with Crippen molar-refractivity contribution in [2.24, 2.45) is 7.05 Å². The Balaban J connectivity index is 2.25. The summed E-state index contributed by atoms with van der Waals surface area (Å²) < 4.78 is 1.86. The third kappa shape index (κ3) is 1.60. The summed E-state index contributed by atoms with van der Waals surface area (Å²) in [4.78, 5) is 0. The summed E-state index contributed by atoms with van der Waals surface area (Å²) in [6, 6.07) is 2.11. The second-order valence-electron chi connectivity index (χ2n) is 4.28. The highest BCUT2D eigenvalue weighted by Crippen LogP contribution is 2.41. The van der Waals surface area contributed by atoms with Crippen molar-refractivity contribution in [2.75, 3.05) is 0 Å². The SMILES string of the molecule is Cn1ccc(C2(C)CCC(Cl)C2)n1. The van der Waals surface area contributed by atoms with Gasteiger partial charge in [-0.05, 0) is 25.3 Å². The van der Waals surface area contributed by atoms with Crippen LogP contribution in [0.1, 0.15) is 31.9 Å². The maximum atomic E-state index is 6.12. The maximum absolute atomic E-state index is 6.12. The molecule has 0 saturated heterocycles. The van der Waals surface area contributed by atoms with Crippen LogP contribution in [-0.4, -0.2) is 15.2 Å². The fourth-order valence-electron chi connectivity index (χ4n) is 2.14. The van der Waals surface area contributed by atoms with E-state index in [0.717, 1.165) is 19.3 Å². The van der Waals surface area contributed by atoms with Crippen molar-refractivity contribution in [3.05, 3.63) is 18.0 Å². The van der Waals surface area contributed by atoms with E-state index in [2.05, 4.69) is 18.1 Å². The monoisotopic (exact) mass is 198 g/mol. The summed E-state index contributed by atoms with van der Waals surface area (Å²) in [5, 5.41) is 4.80. The van der Waals surface area contributed by atoms with E-state index in [4.69, 9.17) is 11.6 Å². The average Bonchev–Trinajstić information content (AvgIpc) is 2.60. The average molecular weight is 199 g/mol. The molecule has 1 aliphatic carbocycles. The minimum Gasteiger partial charge on any atom is -0.276 e. The lowest BCUT2D eigenvalue weighted by Gasteiger charge is -2.20. The van der Waals surface area contributed by atoms with Gasteiger partial charge in [-0.15, -0.1) is 11.6 Å². The Labute approximate surface area is 83.9 Å². The second kappa shape index (κ2) is 3.02. The quantitative estimate of drug-likeness (QED) is 0.634. The van der Waals surface area contributed by atoms with Gasteiger partial charge in [-0.1, -0.05) is 6.92 Å². The van der Waals surface area contributed by atoms with Crippen LogP contribution in [-0.2, 0) is 12.5 Å². The fourth-order valence-corrected chi connectivity index (χ4v) is 2.59. The maximum Gasteiger partial charge on any atom is 0.0683 e. The minimum absolute atomic E-state index is 0.216. The highest BCUT2D eigenvalue weighted by atomic mass is 35.5. The third-order valence-corrected chi connectivity index (χ3v) is 3.39. The van der Waals surface area contributed by atoms with Crippen LogP contribution < -0.4 is 0 Å². The molecule has 1 aromatic rings. The number of hydrogen-bond donors (Lipinski definition) is 0. The molecule has 2 nitrogen and oxygen atoms in total. The summed E-state index contributed by atoms with van der Waals surface area (Å²) in [7, 11) is 1.96. The molecule has 2 unspecified atom stereocenters. The van der Waals surface area contributed by atoms with Gasteiger partial charge in [-0.25, -0.2) is 0 Å². The predicted octanol–water partition coefficient (Wildman–Crippen LogP) is 2.47. The fraction of sp³-hybridized carbons (Fsp3) is 0.700. The summed E-state index contributed by atoms with van der Waals surface area (Å²) in [5.41, 5.74) is 1.41. The van der Waals surface area contributed by atoms with Crippen LogP contribution in [0.5, 0.6) is 0 Å². The number of aryl methyl sites for hydroxylation is 1. The molecule has 0 amide bonds. The molecule has 1 fully saturated rings. The molecule has 1 aromatic heterocycles. The molecule has 0 radical (unpaired) electrons. The van der Waals surface area contributed by atoms with Crippen molar-refractivity contribution in [1.82, 2.24) is 9.78 Å². The number of halogens is 1. The first-order chi connectivity index (χ1) is 6.10. The van der Waals surface area contributed by atoms with Gasteiger partial charge in [0.05, 0.1) is 5.69 Å². The van der Waals surface area contributed by atoms with Crippen LogP contribution in [0, 0.1) is 0 Å². The largest absolute Gasteiger partial charge is 0.276 e. The molecule has 1 aliphatic rings. The molecule has 3 heteroatoms. The number of nitrogens with zero attached hydrogens (tertiary/aromatic N) is 2. The summed E-state index contributed by atoms with van der Waals surface area (Å²) in [6.07, 6.45) is 5.35. The van der Waals surface area contributed by atoms with Gasteiger partial charge in [-0.2, -0.15) is 5.10 Å². The molecule has 0 bridgehead atoms. The predicted molar refractivity (Wildman–Crippen MR) is 54.1 cm³/mol. The van der Waals surface area contributed by atoms with Crippen LogP contribution in [0.2, 0.25) is 0 Å². The lowest BCUT2D eigenvalue weighted by atomic mass is 9.85. The Morgan fingerprint density at radius 1 is 1.69 bits per heavy atom. The van der Waals surface area contributed by atoms with Crippen LogP contribution in [0.4, 0.5) is 0 Å². The van der Waals surface area contributed by atoms with Crippen LogP contribution in [0.25, 0.3) is 0 Å². The Morgan fingerprint density at radius 3 is 2.92 bits per heavy atom. The van der Waals surface area contributed by atoms with Gasteiger partial charge in [0.1, 0.15) is 0 Å². The minimum atomic E-state index is 0.216. The van der Waals surface area contributed by atoms with Crippen molar-refractivity contribution in [2.45, 2.75) is 37.0 Å². The molecule has 0 aliphatic heterocycles. The van der Waals surface area contributed by atoms with Crippen LogP contribution >= 0.6 is 11.6 Å². The highest BCUT2D eigenvalue weighted by Gasteiger charge is 2.37. The van der Waals surface area contributed by atoms with Gasteiger partial charge in [0.2, 0.25) is 0 Å². The Bertz CT molecular complexity index is 308. The summed E-state index contributed by atoms with van der Waals surface area (Å²) >= 11 is 6.12. The van der Waals surface area contributed by atoms with E-state index in [0.29, 0.717) is 5.38 Å². The van der Waals surface area contributed by atoms with Gasteiger partial charge in [-0.3, -0.25) is 4.68 Å². The van der Waals surface area contributed by atoms with Crippen LogP contribution in [0.3, 0.4) is 0 Å². The van der Waals surface area contributed by atoms with E-state index in [9.17, 15) is 0 Å². The molecule has 72 valence electrons.